The topological polar surface area (TPSA) is 68.4 Å². The van der Waals surface area contributed by atoms with E-state index in [1.54, 1.807) is 13.0 Å². The van der Waals surface area contributed by atoms with Crippen molar-refractivity contribution in [2.45, 2.75) is 46.1 Å². The summed E-state index contributed by atoms with van der Waals surface area (Å²) in [4.78, 5) is 26.5. The number of benzene rings is 1. The summed E-state index contributed by atoms with van der Waals surface area (Å²) in [6, 6.07) is 7.59. The van der Waals surface area contributed by atoms with E-state index in [2.05, 4.69) is 4.98 Å². The zero-order chi connectivity index (χ0) is 17.0. The van der Waals surface area contributed by atoms with E-state index in [1.165, 1.54) is 0 Å². The lowest BCUT2D eigenvalue weighted by atomic mass is 10.1. The smallest absolute Gasteiger partial charge is 0.354 e. The molecule has 1 heterocycles. The molecule has 1 aromatic heterocycles. The molecule has 0 bridgehead atoms. The number of aromatic amines is 1. The SMILES string of the molecule is CCOC(=O)c1cc2cc(CCC(=O)OC(C)(C)C)ccc2[nH]1. The second-order valence-electron chi connectivity index (χ2n) is 6.41. The molecule has 0 amide bonds. The lowest BCUT2D eigenvalue weighted by molar-refractivity contribution is -0.154. The number of carbonyl (C=O) groups excluding carboxylic acids is 2. The summed E-state index contributed by atoms with van der Waals surface area (Å²) in [5.41, 5.74) is 1.87. The Kier molecular flexibility index (Phi) is 5.08. The van der Waals surface area contributed by atoms with Crippen LogP contribution in [-0.2, 0) is 20.7 Å². The summed E-state index contributed by atoms with van der Waals surface area (Å²) >= 11 is 0. The van der Waals surface area contributed by atoms with Gasteiger partial charge in [-0.2, -0.15) is 0 Å². The number of H-pyrrole nitrogens is 1. The predicted octanol–water partition coefficient (Wildman–Crippen LogP) is 3.62. The second kappa shape index (κ2) is 6.86. The van der Waals surface area contributed by atoms with Gasteiger partial charge >= 0.3 is 11.9 Å². The third-order valence-electron chi connectivity index (χ3n) is 3.22. The molecule has 2 rings (SSSR count). The Labute approximate surface area is 136 Å². The normalized spacial score (nSPS) is 11.5. The molecule has 23 heavy (non-hydrogen) atoms. The Morgan fingerprint density at radius 2 is 1.91 bits per heavy atom. The molecule has 0 aliphatic carbocycles. The number of rotatable bonds is 5. The van der Waals surface area contributed by atoms with Crippen molar-refractivity contribution in [1.29, 1.82) is 0 Å². The van der Waals surface area contributed by atoms with Crippen LogP contribution in [0.2, 0.25) is 0 Å². The molecular formula is C18H23NO4. The van der Waals surface area contributed by atoms with Gasteiger partial charge in [0, 0.05) is 17.3 Å². The minimum absolute atomic E-state index is 0.209. The van der Waals surface area contributed by atoms with Crippen molar-refractivity contribution in [3.05, 3.63) is 35.5 Å². The molecule has 0 saturated heterocycles. The molecular weight excluding hydrogens is 294 g/mol. The van der Waals surface area contributed by atoms with E-state index < -0.39 is 5.60 Å². The van der Waals surface area contributed by atoms with Crippen molar-refractivity contribution < 1.29 is 19.1 Å². The first-order valence-corrected chi connectivity index (χ1v) is 7.79. The molecule has 0 saturated carbocycles. The molecule has 0 unspecified atom stereocenters. The summed E-state index contributed by atoms with van der Waals surface area (Å²) in [5.74, 6) is -0.571. The van der Waals surface area contributed by atoms with Gasteiger partial charge in [0.25, 0.3) is 0 Å². The summed E-state index contributed by atoms with van der Waals surface area (Å²) in [5, 5.41) is 0.926. The fraction of sp³-hybridized carbons (Fsp3) is 0.444. The van der Waals surface area contributed by atoms with Crippen molar-refractivity contribution >= 4 is 22.8 Å². The van der Waals surface area contributed by atoms with Crippen LogP contribution in [0.4, 0.5) is 0 Å². The molecule has 1 aromatic carbocycles. The molecule has 0 atom stereocenters. The highest BCUT2D eigenvalue weighted by Gasteiger charge is 2.16. The lowest BCUT2D eigenvalue weighted by Gasteiger charge is -2.19. The zero-order valence-corrected chi connectivity index (χ0v) is 14.1. The number of hydrogen-bond donors (Lipinski definition) is 1. The highest BCUT2D eigenvalue weighted by atomic mass is 16.6. The Balaban J connectivity index is 2.05. The van der Waals surface area contributed by atoms with Crippen molar-refractivity contribution in [2.24, 2.45) is 0 Å². The molecule has 5 heteroatoms. The minimum Gasteiger partial charge on any atom is -0.461 e. The van der Waals surface area contributed by atoms with Crippen molar-refractivity contribution in [2.75, 3.05) is 6.61 Å². The number of carbonyl (C=O) groups is 2. The predicted molar refractivity (Wildman–Crippen MR) is 88.4 cm³/mol. The molecule has 1 N–H and O–H groups in total. The van der Waals surface area contributed by atoms with Crippen LogP contribution in [0.15, 0.2) is 24.3 Å². The number of aryl methyl sites for hydroxylation is 1. The largest absolute Gasteiger partial charge is 0.461 e. The van der Waals surface area contributed by atoms with Crippen molar-refractivity contribution in [3.63, 3.8) is 0 Å². The van der Waals surface area contributed by atoms with Crippen LogP contribution < -0.4 is 0 Å². The van der Waals surface area contributed by atoms with E-state index in [1.807, 2.05) is 39.0 Å². The van der Waals surface area contributed by atoms with E-state index >= 15 is 0 Å². The van der Waals surface area contributed by atoms with Gasteiger partial charge in [-0.15, -0.1) is 0 Å². The maximum Gasteiger partial charge on any atom is 0.354 e. The van der Waals surface area contributed by atoms with E-state index in [-0.39, 0.29) is 11.9 Å². The van der Waals surface area contributed by atoms with Gasteiger partial charge in [0.1, 0.15) is 11.3 Å². The molecule has 0 fully saturated rings. The molecule has 0 aliphatic rings. The maximum absolute atomic E-state index is 11.8. The second-order valence-corrected chi connectivity index (χ2v) is 6.41. The number of ether oxygens (including phenoxy) is 2. The average molecular weight is 317 g/mol. The molecule has 0 aliphatic heterocycles. The quantitative estimate of drug-likeness (QED) is 0.855. The van der Waals surface area contributed by atoms with Gasteiger partial charge in [0.15, 0.2) is 0 Å². The lowest BCUT2D eigenvalue weighted by Crippen LogP contribution is -2.23. The zero-order valence-electron chi connectivity index (χ0n) is 14.1. The Morgan fingerprint density at radius 3 is 2.57 bits per heavy atom. The van der Waals surface area contributed by atoms with E-state index in [0.717, 1.165) is 16.5 Å². The van der Waals surface area contributed by atoms with Gasteiger partial charge in [-0.05, 0) is 57.9 Å². The van der Waals surface area contributed by atoms with E-state index in [4.69, 9.17) is 9.47 Å². The van der Waals surface area contributed by atoms with E-state index in [9.17, 15) is 9.59 Å². The number of hydrogen-bond acceptors (Lipinski definition) is 4. The number of esters is 2. The maximum atomic E-state index is 11.8. The van der Waals surface area contributed by atoms with Gasteiger partial charge in [-0.25, -0.2) is 4.79 Å². The van der Waals surface area contributed by atoms with Crippen LogP contribution in [0, 0.1) is 0 Å². The Bertz CT molecular complexity index is 709. The van der Waals surface area contributed by atoms with Gasteiger partial charge in [-0.1, -0.05) is 6.07 Å². The minimum atomic E-state index is -0.462. The number of nitrogens with one attached hydrogen (secondary N) is 1. The fourth-order valence-corrected chi connectivity index (χ4v) is 2.30. The van der Waals surface area contributed by atoms with Gasteiger partial charge in [0.2, 0.25) is 0 Å². The molecule has 124 valence electrons. The van der Waals surface area contributed by atoms with Crippen LogP contribution in [0.1, 0.15) is 50.2 Å². The Morgan fingerprint density at radius 1 is 1.17 bits per heavy atom. The highest BCUT2D eigenvalue weighted by Crippen LogP contribution is 2.19. The van der Waals surface area contributed by atoms with Crippen LogP contribution in [0.25, 0.3) is 10.9 Å². The van der Waals surface area contributed by atoms with Crippen LogP contribution >= 0.6 is 0 Å². The first kappa shape index (κ1) is 17.1. The number of aromatic nitrogens is 1. The van der Waals surface area contributed by atoms with Gasteiger partial charge in [-0.3, -0.25) is 4.79 Å². The van der Waals surface area contributed by atoms with Crippen LogP contribution in [0.5, 0.6) is 0 Å². The van der Waals surface area contributed by atoms with Crippen molar-refractivity contribution in [3.8, 4) is 0 Å². The summed E-state index contributed by atoms with van der Waals surface area (Å²) in [7, 11) is 0. The molecule has 0 radical (unpaired) electrons. The van der Waals surface area contributed by atoms with Crippen molar-refractivity contribution in [1.82, 2.24) is 4.98 Å². The summed E-state index contributed by atoms with van der Waals surface area (Å²) in [6.07, 6.45) is 0.933. The molecule has 0 spiro atoms. The third-order valence-corrected chi connectivity index (χ3v) is 3.22. The third kappa shape index (κ3) is 4.84. The van der Waals surface area contributed by atoms with Crippen LogP contribution in [0.3, 0.4) is 0 Å². The fourth-order valence-electron chi connectivity index (χ4n) is 2.30. The van der Waals surface area contributed by atoms with E-state index in [0.29, 0.717) is 25.1 Å². The summed E-state index contributed by atoms with van der Waals surface area (Å²) < 4.78 is 10.3. The standard InChI is InChI=1S/C18H23NO4/c1-5-22-17(21)15-11-13-10-12(6-8-14(13)19-15)7-9-16(20)23-18(2,3)4/h6,8,10-11,19H,5,7,9H2,1-4H3. The highest BCUT2D eigenvalue weighted by molar-refractivity contribution is 5.95. The Hall–Kier alpha value is -2.30. The van der Waals surface area contributed by atoms with Crippen LogP contribution in [-0.4, -0.2) is 29.1 Å². The average Bonchev–Trinajstić information content (AvgIpc) is 2.86. The monoisotopic (exact) mass is 317 g/mol. The molecule has 5 nitrogen and oxygen atoms in total. The van der Waals surface area contributed by atoms with Gasteiger partial charge < -0.3 is 14.5 Å². The van der Waals surface area contributed by atoms with Gasteiger partial charge in [0.05, 0.1) is 6.61 Å². The molecule has 2 aromatic rings. The first-order valence-electron chi connectivity index (χ1n) is 7.79. The first-order chi connectivity index (χ1) is 10.8. The summed E-state index contributed by atoms with van der Waals surface area (Å²) in [6.45, 7) is 7.68. The number of fused-ring (bicyclic) bond motifs is 1.